The van der Waals surface area contributed by atoms with E-state index in [1.807, 2.05) is 33.9 Å². The van der Waals surface area contributed by atoms with E-state index < -0.39 is 0 Å². The number of hydrogen-bond acceptors (Lipinski definition) is 3. The van der Waals surface area contributed by atoms with Crippen LogP contribution in [-0.2, 0) is 0 Å². The van der Waals surface area contributed by atoms with Crippen LogP contribution in [0.4, 0.5) is 0 Å². The molecule has 0 aliphatic heterocycles. The standard InChI is InChI=1S/C7H10N2.C6H5Cl2N/c1-5-4-8-7(3)9-6(5)2;1-4-5(7)2-9-3-6(4)8/h4H,1-3H3;2-3H,1H3. The Labute approximate surface area is 117 Å². The minimum atomic E-state index is 0.613. The van der Waals surface area contributed by atoms with Crippen molar-refractivity contribution in [3.63, 3.8) is 0 Å². The van der Waals surface area contributed by atoms with Crippen LogP contribution in [-0.4, -0.2) is 15.0 Å². The molecule has 0 amide bonds. The summed E-state index contributed by atoms with van der Waals surface area (Å²) in [5, 5.41) is 1.23. The fraction of sp³-hybridized carbons (Fsp3) is 0.308. The Balaban J connectivity index is 0.000000180. The van der Waals surface area contributed by atoms with Crippen molar-refractivity contribution < 1.29 is 0 Å². The van der Waals surface area contributed by atoms with Crippen LogP contribution in [0.3, 0.4) is 0 Å². The molecule has 0 spiro atoms. The molecular formula is C13H15Cl2N3. The predicted octanol–water partition coefficient (Wildman–Crippen LogP) is 4.10. The van der Waals surface area contributed by atoms with Crippen LogP contribution in [0.1, 0.15) is 22.6 Å². The molecule has 3 nitrogen and oxygen atoms in total. The highest BCUT2D eigenvalue weighted by Gasteiger charge is 1.97. The van der Waals surface area contributed by atoms with E-state index in [-0.39, 0.29) is 0 Å². The van der Waals surface area contributed by atoms with Gasteiger partial charge in [-0.3, -0.25) is 4.98 Å². The molecular weight excluding hydrogens is 269 g/mol. The average molecular weight is 284 g/mol. The van der Waals surface area contributed by atoms with Crippen molar-refractivity contribution in [1.29, 1.82) is 0 Å². The second-order valence-electron chi connectivity index (χ2n) is 3.91. The highest BCUT2D eigenvalue weighted by Crippen LogP contribution is 2.20. The highest BCUT2D eigenvalue weighted by molar-refractivity contribution is 6.35. The highest BCUT2D eigenvalue weighted by atomic mass is 35.5. The topological polar surface area (TPSA) is 38.7 Å². The maximum atomic E-state index is 5.67. The molecule has 18 heavy (non-hydrogen) atoms. The van der Waals surface area contributed by atoms with Crippen molar-refractivity contribution in [3.05, 3.63) is 51.3 Å². The first-order valence-corrected chi connectivity index (χ1v) is 6.20. The fourth-order valence-electron chi connectivity index (χ4n) is 1.12. The maximum Gasteiger partial charge on any atom is 0.125 e. The van der Waals surface area contributed by atoms with Gasteiger partial charge in [0, 0.05) is 24.3 Å². The summed E-state index contributed by atoms with van der Waals surface area (Å²) in [5.41, 5.74) is 3.11. The first-order valence-electron chi connectivity index (χ1n) is 5.44. The third kappa shape index (κ3) is 4.24. The average Bonchev–Trinajstić information content (AvgIpc) is 2.32. The molecule has 2 aromatic rings. The summed E-state index contributed by atoms with van der Waals surface area (Å²) >= 11 is 11.3. The summed E-state index contributed by atoms with van der Waals surface area (Å²) in [5.74, 6) is 0.845. The van der Waals surface area contributed by atoms with Gasteiger partial charge in [0.15, 0.2) is 0 Å². The van der Waals surface area contributed by atoms with Crippen molar-refractivity contribution in [1.82, 2.24) is 15.0 Å². The minimum Gasteiger partial charge on any atom is -0.262 e. The van der Waals surface area contributed by atoms with Gasteiger partial charge in [0.05, 0.1) is 10.0 Å². The number of halogens is 2. The van der Waals surface area contributed by atoms with Crippen LogP contribution in [0.2, 0.25) is 10.0 Å². The SMILES string of the molecule is Cc1c(Cl)cncc1Cl.Cc1ncc(C)c(C)n1. The molecule has 96 valence electrons. The first-order chi connectivity index (χ1) is 8.41. The Hall–Kier alpha value is -1.19. The van der Waals surface area contributed by atoms with E-state index in [0.717, 1.165) is 22.6 Å². The summed E-state index contributed by atoms with van der Waals surface area (Å²) in [6, 6.07) is 0. The van der Waals surface area contributed by atoms with Gasteiger partial charge in [0.2, 0.25) is 0 Å². The van der Waals surface area contributed by atoms with Crippen LogP contribution in [0.15, 0.2) is 18.6 Å². The summed E-state index contributed by atoms with van der Waals surface area (Å²) in [7, 11) is 0. The van der Waals surface area contributed by atoms with Gasteiger partial charge >= 0.3 is 0 Å². The molecule has 0 aliphatic rings. The zero-order valence-corrected chi connectivity index (χ0v) is 12.3. The van der Waals surface area contributed by atoms with Gasteiger partial charge in [-0.05, 0) is 38.8 Å². The molecule has 0 saturated carbocycles. The van der Waals surface area contributed by atoms with Crippen LogP contribution < -0.4 is 0 Å². The normalized spacial score (nSPS) is 9.67. The molecule has 2 heterocycles. The van der Waals surface area contributed by atoms with Crippen molar-refractivity contribution in [2.45, 2.75) is 27.7 Å². The molecule has 0 aromatic carbocycles. The number of hydrogen-bond donors (Lipinski definition) is 0. The third-order valence-electron chi connectivity index (χ3n) is 2.44. The molecule has 0 unspecified atom stereocenters. The number of aryl methyl sites for hydroxylation is 3. The molecule has 5 heteroatoms. The quantitative estimate of drug-likeness (QED) is 0.731. The first kappa shape index (κ1) is 14.9. The monoisotopic (exact) mass is 283 g/mol. The lowest BCUT2D eigenvalue weighted by Gasteiger charge is -1.96. The van der Waals surface area contributed by atoms with Crippen molar-refractivity contribution in [2.75, 3.05) is 0 Å². The maximum absolute atomic E-state index is 5.67. The van der Waals surface area contributed by atoms with Crippen LogP contribution in [0.25, 0.3) is 0 Å². The van der Waals surface area contributed by atoms with E-state index in [2.05, 4.69) is 15.0 Å². The molecule has 0 fully saturated rings. The Bertz CT molecular complexity index is 522. The Kier molecular flexibility index (Phi) is 5.51. The second-order valence-corrected chi connectivity index (χ2v) is 4.73. The predicted molar refractivity (Wildman–Crippen MR) is 75.2 cm³/mol. The van der Waals surface area contributed by atoms with Gasteiger partial charge in [-0.2, -0.15) is 0 Å². The van der Waals surface area contributed by atoms with Gasteiger partial charge < -0.3 is 0 Å². The van der Waals surface area contributed by atoms with Gasteiger partial charge in [0.1, 0.15) is 5.82 Å². The van der Waals surface area contributed by atoms with Gasteiger partial charge in [0.25, 0.3) is 0 Å². The summed E-state index contributed by atoms with van der Waals surface area (Å²) < 4.78 is 0. The lowest BCUT2D eigenvalue weighted by molar-refractivity contribution is 0.986. The van der Waals surface area contributed by atoms with Gasteiger partial charge in [-0.15, -0.1) is 0 Å². The smallest absolute Gasteiger partial charge is 0.125 e. The van der Waals surface area contributed by atoms with E-state index in [4.69, 9.17) is 23.2 Å². The molecule has 0 bridgehead atoms. The third-order valence-corrected chi connectivity index (χ3v) is 3.20. The molecule has 0 saturated heterocycles. The van der Waals surface area contributed by atoms with E-state index >= 15 is 0 Å². The lowest BCUT2D eigenvalue weighted by atomic mass is 10.3. The zero-order chi connectivity index (χ0) is 13.7. The molecule has 2 aromatic heterocycles. The van der Waals surface area contributed by atoms with Crippen LogP contribution >= 0.6 is 23.2 Å². The largest absolute Gasteiger partial charge is 0.262 e. The Morgan fingerprint density at radius 2 is 1.44 bits per heavy atom. The van der Waals surface area contributed by atoms with E-state index in [1.54, 1.807) is 12.4 Å². The van der Waals surface area contributed by atoms with E-state index in [0.29, 0.717) is 10.0 Å². The van der Waals surface area contributed by atoms with Crippen molar-refractivity contribution in [3.8, 4) is 0 Å². The minimum absolute atomic E-state index is 0.613. The molecule has 0 radical (unpaired) electrons. The van der Waals surface area contributed by atoms with Crippen molar-refractivity contribution in [2.24, 2.45) is 0 Å². The van der Waals surface area contributed by atoms with Crippen LogP contribution in [0, 0.1) is 27.7 Å². The summed E-state index contributed by atoms with van der Waals surface area (Å²) in [4.78, 5) is 12.0. The second kappa shape index (κ2) is 6.66. The number of rotatable bonds is 0. The Morgan fingerprint density at radius 1 is 0.889 bits per heavy atom. The molecule has 0 N–H and O–H groups in total. The molecule has 2 rings (SSSR count). The van der Waals surface area contributed by atoms with E-state index in [9.17, 15) is 0 Å². The van der Waals surface area contributed by atoms with Crippen molar-refractivity contribution >= 4 is 23.2 Å². The van der Waals surface area contributed by atoms with Gasteiger partial charge in [-0.25, -0.2) is 9.97 Å². The molecule has 0 atom stereocenters. The number of aromatic nitrogens is 3. The lowest BCUT2D eigenvalue weighted by Crippen LogP contribution is -1.92. The number of pyridine rings is 1. The fourth-order valence-corrected chi connectivity index (χ4v) is 1.48. The summed E-state index contributed by atoms with van der Waals surface area (Å²) in [6.45, 7) is 7.75. The summed E-state index contributed by atoms with van der Waals surface area (Å²) in [6.07, 6.45) is 4.99. The van der Waals surface area contributed by atoms with Gasteiger partial charge in [-0.1, -0.05) is 23.2 Å². The number of nitrogens with zero attached hydrogens (tertiary/aromatic N) is 3. The van der Waals surface area contributed by atoms with Crippen LogP contribution in [0.5, 0.6) is 0 Å². The van der Waals surface area contributed by atoms with E-state index in [1.165, 1.54) is 0 Å². The zero-order valence-electron chi connectivity index (χ0n) is 10.8. The molecule has 0 aliphatic carbocycles. The Morgan fingerprint density at radius 3 is 1.83 bits per heavy atom.